The number of carbonyl (C=O) groups excluding carboxylic acids is 1. The summed E-state index contributed by atoms with van der Waals surface area (Å²) in [5, 5.41) is 0. The fourth-order valence-electron chi connectivity index (χ4n) is 0.438. The second kappa shape index (κ2) is 3.23. The van der Waals surface area contributed by atoms with Gasteiger partial charge in [-0.25, -0.2) is 0 Å². The van der Waals surface area contributed by atoms with Crippen LogP contribution < -0.4 is 0 Å². The van der Waals surface area contributed by atoms with Crippen LogP contribution in [-0.4, -0.2) is 5.78 Å². The first-order valence-electron chi connectivity index (χ1n) is 2.91. The van der Waals surface area contributed by atoms with Gasteiger partial charge in [-0.15, -0.1) is 0 Å². The lowest BCUT2D eigenvalue weighted by atomic mass is 9.99. The number of hydrogen-bond acceptors (Lipinski definition) is 1. The number of hydrogen-bond donors (Lipinski definition) is 0. The van der Waals surface area contributed by atoms with Crippen molar-refractivity contribution < 1.29 is 4.79 Å². The van der Waals surface area contributed by atoms with Gasteiger partial charge in [0.25, 0.3) is 0 Å². The molecule has 0 aliphatic heterocycles. The van der Waals surface area contributed by atoms with E-state index in [-0.39, 0.29) is 11.7 Å². The summed E-state index contributed by atoms with van der Waals surface area (Å²) >= 11 is 0. The van der Waals surface area contributed by atoms with E-state index in [1.54, 1.807) is 13.0 Å². The number of Topliss-reactive ketones (excluding diaryl/α,β-unsaturated/α-hetero) is 1. The zero-order valence-corrected chi connectivity index (χ0v) is 5.98. The lowest BCUT2D eigenvalue weighted by Gasteiger charge is -2.04. The van der Waals surface area contributed by atoms with Crippen LogP contribution in [0.25, 0.3) is 0 Å². The molecule has 0 heterocycles. The molecule has 9 heavy (non-hydrogen) atoms. The summed E-state index contributed by atoms with van der Waals surface area (Å²) in [7, 11) is 0. The van der Waals surface area contributed by atoms with Crippen LogP contribution in [-0.2, 0) is 4.79 Å². The van der Waals surface area contributed by atoms with E-state index < -0.39 is 0 Å². The molecule has 0 saturated carbocycles. The molecule has 1 atom stereocenters. The molecule has 0 amide bonds. The molecule has 0 bridgehead atoms. The van der Waals surface area contributed by atoms with E-state index in [0.717, 1.165) is 5.57 Å². The first-order valence-corrected chi connectivity index (χ1v) is 2.91. The van der Waals surface area contributed by atoms with Crippen molar-refractivity contribution in [1.82, 2.24) is 0 Å². The molecule has 1 nitrogen and oxygen atoms in total. The highest BCUT2D eigenvalue weighted by Crippen LogP contribution is 2.08. The highest BCUT2D eigenvalue weighted by Gasteiger charge is 2.07. The van der Waals surface area contributed by atoms with Gasteiger partial charge in [-0.3, -0.25) is 4.79 Å². The minimum atomic E-state index is -0.0671. The van der Waals surface area contributed by atoms with Crippen molar-refractivity contribution in [2.45, 2.75) is 13.8 Å². The Balaban J connectivity index is 4.03. The number of allylic oxidation sites excluding steroid dienone is 2. The Hall–Kier alpha value is -0.850. The monoisotopic (exact) mass is 124 g/mol. The highest BCUT2D eigenvalue weighted by molar-refractivity contribution is 5.81. The van der Waals surface area contributed by atoms with Crippen LogP contribution in [0.1, 0.15) is 13.8 Å². The molecule has 0 aliphatic carbocycles. The highest BCUT2D eigenvalue weighted by atomic mass is 16.1. The van der Waals surface area contributed by atoms with E-state index in [2.05, 4.69) is 13.2 Å². The van der Waals surface area contributed by atoms with Crippen molar-refractivity contribution in [2.75, 3.05) is 0 Å². The number of carbonyl (C=O) groups is 1. The van der Waals surface area contributed by atoms with Gasteiger partial charge in [0.05, 0.1) is 0 Å². The number of rotatable bonds is 3. The normalized spacial score (nSPS) is 12.2. The van der Waals surface area contributed by atoms with Crippen LogP contribution in [0.3, 0.4) is 0 Å². The summed E-state index contributed by atoms with van der Waals surface area (Å²) in [5.41, 5.74) is 0.794. The third-order valence-electron chi connectivity index (χ3n) is 1.43. The summed E-state index contributed by atoms with van der Waals surface area (Å²) in [6.07, 6.45) is 1.62. The Bertz CT molecular complexity index is 145. The summed E-state index contributed by atoms with van der Waals surface area (Å²) < 4.78 is 0. The van der Waals surface area contributed by atoms with E-state index in [1.165, 1.54) is 0 Å². The predicted octanol–water partition coefficient (Wildman–Crippen LogP) is 1.95. The summed E-state index contributed by atoms with van der Waals surface area (Å²) in [4.78, 5) is 10.6. The van der Waals surface area contributed by atoms with Crippen LogP contribution in [0, 0.1) is 5.92 Å². The van der Waals surface area contributed by atoms with E-state index in [4.69, 9.17) is 0 Å². The van der Waals surface area contributed by atoms with E-state index in [1.807, 2.05) is 6.92 Å². The topological polar surface area (TPSA) is 17.1 Å². The van der Waals surface area contributed by atoms with Gasteiger partial charge in [-0.05, 0) is 12.5 Å². The molecule has 50 valence electrons. The summed E-state index contributed by atoms with van der Waals surface area (Å²) in [6, 6.07) is 0. The van der Waals surface area contributed by atoms with E-state index in [0.29, 0.717) is 0 Å². The van der Waals surface area contributed by atoms with Gasteiger partial charge < -0.3 is 0 Å². The SMILES string of the molecule is C=CC(=C)C(C)C(C)=O. The lowest BCUT2D eigenvalue weighted by molar-refractivity contribution is -0.119. The molecule has 0 aromatic heterocycles. The fraction of sp³-hybridized carbons (Fsp3) is 0.375. The van der Waals surface area contributed by atoms with Crippen molar-refractivity contribution in [2.24, 2.45) is 5.92 Å². The molecule has 0 aromatic carbocycles. The second-order valence-electron chi connectivity index (χ2n) is 2.11. The molecule has 1 unspecified atom stereocenters. The van der Waals surface area contributed by atoms with Crippen molar-refractivity contribution in [3.63, 3.8) is 0 Å². The average Bonchev–Trinajstić information content (AvgIpc) is 1.84. The average molecular weight is 124 g/mol. The van der Waals surface area contributed by atoms with Gasteiger partial charge in [0, 0.05) is 5.92 Å². The third kappa shape index (κ3) is 2.27. The molecule has 0 aromatic rings. The second-order valence-corrected chi connectivity index (χ2v) is 2.11. The summed E-state index contributed by atoms with van der Waals surface area (Å²) in [6.45, 7) is 10.5. The van der Waals surface area contributed by atoms with Crippen molar-refractivity contribution in [3.8, 4) is 0 Å². The van der Waals surface area contributed by atoms with Crippen LogP contribution >= 0.6 is 0 Å². The largest absolute Gasteiger partial charge is 0.299 e. The third-order valence-corrected chi connectivity index (χ3v) is 1.43. The molecule has 0 rings (SSSR count). The van der Waals surface area contributed by atoms with Gasteiger partial charge in [0.15, 0.2) is 0 Å². The minimum absolute atomic E-state index is 0.0671. The van der Waals surface area contributed by atoms with Gasteiger partial charge in [0.2, 0.25) is 0 Å². The van der Waals surface area contributed by atoms with Crippen molar-refractivity contribution in [1.29, 1.82) is 0 Å². The fourth-order valence-corrected chi connectivity index (χ4v) is 0.438. The summed E-state index contributed by atoms with van der Waals surface area (Å²) in [5.74, 6) is 0.0717. The smallest absolute Gasteiger partial charge is 0.136 e. The first-order chi connectivity index (χ1) is 4.09. The van der Waals surface area contributed by atoms with Gasteiger partial charge in [-0.2, -0.15) is 0 Å². The zero-order chi connectivity index (χ0) is 7.44. The van der Waals surface area contributed by atoms with E-state index in [9.17, 15) is 4.79 Å². The van der Waals surface area contributed by atoms with Gasteiger partial charge in [0.1, 0.15) is 5.78 Å². The molecule has 0 spiro atoms. The zero-order valence-electron chi connectivity index (χ0n) is 5.98. The Morgan fingerprint density at radius 1 is 1.67 bits per heavy atom. The maximum atomic E-state index is 10.6. The lowest BCUT2D eigenvalue weighted by Crippen LogP contribution is -2.06. The van der Waals surface area contributed by atoms with Crippen LogP contribution in [0.2, 0.25) is 0 Å². The Kier molecular flexibility index (Phi) is 2.93. The van der Waals surface area contributed by atoms with Crippen molar-refractivity contribution >= 4 is 5.78 Å². The molecule has 1 heteroatoms. The molecular formula is C8H12O. The standard InChI is InChI=1S/C8H12O/c1-5-6(2)7(3)8(4)9/h5,7H,1-2H2,3-4H3. The predicted molar refractivity (Wildman–Crippen MR) is 39.2 cm³/mol. The van der Waals surface area contributed by atoms with Gasteiger partial charge >= 0.3 is 0 Å². The Labute approximate surface area is 56.1 Å². The molecular weight excluding hydrogens is 112 g/mol. The Morgan fingerprint density at radius 3 is 2.22 bits per heavy atom. The molecule has 0 fully saturated rings. The number of ketones is 1. The maximum Gasteiger partial charge on any atom is 0.136 e. The molecule has 0 N–H and O–H groups in total. The van der Waals surface area contributed by atoms with Crippen LogP contribution in [0.15, 0.2) is 24.8 Å². The minimum Gasteiger partial charge on any atom is -0.299 e. The van der Waals surface area contributed by atoms with E-state index >= 15 is 0 Å². The van der Waals surface area contributed by atoms with Crippen LogP contribution in [0.5, 0.6) is 0 Å². The van der Waals surface area contributed by atoms with Gasteiger partial charge in [-0.1, -0.05) is 26.2 Å². The first kappa shape index (κ1) is 8.15. The Morgan fingerprint density at radius 2 is 2.11 bits per heavy atom. The maximum absolute atomic E-state index is 10.6. The van der Waals surface area contributed by atoms with Crippen LogP contribution in [0.4, 0.5) is 0 Å². The molecule has 0 aliphatic rings. The molecule has 0 saturated heterocycles. The van der Waals surface area contributed by atoms with Crippen molar-refractivity contribution in [3.05, 3.63) is 24.8 Å². The quantitative estimate of drug-likeness (QED) is 0.525. The molecule has 0 radical (unpaired) electrons.